The van der Waals surface area contributed by atoms with Gasteiger partial charge in [0.15, 0.2) is 0 Å². The lowest BCUT2D eigenvalue weighted by atomic mass is 9.76. The summed E-state index contributed by atoms with van der Waals surface area (Å²) in [6, 6.07) is 2.64. The van der Waals surface area contributed by atoms with Crippen molar-refractivity contribution >= 4 is 19.2 Å². The number of alkyl halides is 3. The number of benzene rings is 1. The van der Waals surface area contributed by atoms with Crippen molar-refractivity contribution in [1.29, 1.82) is 0 Å². The molecule has 1 aliphatic rings. The van der Waals surface area contributed by atoms with E-state index in [-0.39, 0.29) is 5.56 Å². The van der Waals surface area contributed by atoms with Crippen LogP contribution in [-0.2, 0) is 15.5 Å². The Balaban J connectivity index is 2.48. The average molecular weight is 385 g/mol. The minimum atomic E-state index is -4.62. The monoisotopic (exact) mass is 385 g/mol. The van der Waals surface area contributed by atoms with Crippen LogP contribution in [0.3, 0.4) is 0 Å². The molecule has 148 valence electrons. The smallest absolute Gasteiger partial charge is 0.478 e. The summed E-state index contributed by atoms with van der Waals surface area (Å²) in [7, 11) is 0.954. The first-order valence-electron chi connectivity index (χ1n) is 8.44. The standard InChI is InChI=1S/C18H23BF3NO4/c1-16(2)17(3,4)27-19(26-16)13(10-23-5)8-11-6-7-12(18(20,21)22)9-14(11)15(24)25/h6-9,23H,10H2,1-5H3,(H,24,25). The highest BCUT2D eigenvalue weighted by Gasteiger charge is 2.52. The van der Waals surface area contributed by atoms with E-state index in [9.17, 15) is 23.1 Å². The molecule has 1 fully saturated rings. The first-order chi connectivity index (χ1) is 12.3. The highest BCUT2D eigenvalue weighted by Crippen LogP contribution is 2.39. The topological polar surface area (TPSA) is 67.8 Å². The van der Waals surface area contributed by atoms with Gasteiger partial charge in [0.25, 0.3) is 0 Å². The zero-order chi connectivity index (χ0) is 20.6. The van der Waals surface area contributed by atoms with Gasteiger partial charge in [-0.15, -0.1) is 0 Å². The maximum absolute atomic E-state index is 12.9. The molecule has 27 heavy (non-hydrogen) atoms. The molecular formula is C18H23BF3NO4. The van der Waals surface area contributed by atoms with E-state index in [1.165, 1.54) is 6.08 Å². The summed E-state index contributed by atoms with van der Waals surface area (Å²) < 4.78 is 50.7. The van der Waals surface area contributed by atoms with Gasteiger partial charge in [0, 0.05) is 6.54 Å². The van der Waals surface area contributed by atoms with E-state index in [2.05, 4.69) is 5.32 Å². The molecule has 1 aliphatic heterocycles. The Hall–Kier alpha value is -1.84. The predicted octanol–water partition coefficient (Wildman–Crippen LogP) is 3.64. The molecule has 0 amide bonds. The molecule has 9 heteroatoms. The van der Waals surface area contributed by atoms with Crippen LogP contribution in [0, 0.1) is 0 Å². The van der Waals surface area contributed by atoms with Gasteiger partial charge in [-0.3, -0.25) is 0 Å². The largest absolute Gasteiger partial charge is 0.491 e. The zero-order valence-corrected chi connectivity index (χ0v) is 15.9. The predicted molar refractivity (Wildman–Crippen MR) is 96.4 cm³/mol. The van der Waals surface area contributed by atoms with Crippen molar-refractivity contribution in [3.8, 4) is 0 Å². The number of carboxylic acids is 1. The molecule has 1 aromatic carbocycles. The summed E-state index contributed by atoms with van der Waals surface area (Å²) in [4.78, 5) is 11.5. The Kier molecular flexibility index (Phi) is 5.80. The fraction of sp³-hybridized carbons (Fsp3) is 0.500. The van der Waals surface area contributed by atoms with E-state index in [1.54, 1.807) is 7.05 Å². The summed E-state index contributed by atoms with van der Waals surface area (Å²) in [5, 5.41) is 12.3. The van der Waals surface area contributed by atoms with Crippen LogP contribution in [0.2, 0.25) is 0 Å². The van der Waals surface area contributed by atoms with Crippen LogP contribution < -0.4 is 5.32 Å². The molecule has 0 radical (unpaired) electrons. The fourth-order valence-electron chi connectivity index (χ4n) is 2.64. The van der Waals surface area contributed by atoms with Crippen LogP contribution in [0.25, 0.3) is 6.08 Å². The molecule has 2 rings (SSSR count). The lowest BCUT2D eigenvalue weighted by Gasteiger charge is -2.32. The molecule has 0 unspecified atom stereocenters. The van der Waals surface area contributed by atoms with Crippen molar-refractivity contribution in [2.75, 3.05) is 13.6 Å². The zero-order valence-electron chi connectivity index (χ0n) is 15.9. The first-order valence-corrected chi connectivity index (χ1v) is 8.44. The van der Waals surface area contributed by atoms with E-state index in [0.29, 0.717) is 18.1 Å². The van der Waals surface area contributed by atoms with Crippen LogP contribution in [0.1, 0.15) is 49.2 Å². The maximum atomic E-state index is 12.9. The average Bonchev–Trinajstić information content (AvgIpc) is 2.74. The molecule has 2 N–H and O–H groups in total. The lowest BCUT2D eigenvalue weighted by Crippen LogP contribution is -2.41. The van der Waals surface area contributed by atoms with E-state index >= 15 is 0 Å². The second-order valence-electron chi connectivity index (χ2n) is 7.44. The van der Waals surface area contributed by atoms with Crippen LogP contribution in [0.4, 0.5) is 13.2 Å². The molecule has 0 spiro atoms. The molecule has 1 heterocycles. The van der Waals surface area contributed by atoms with Crippen LogP contribution in [0.15, 0.2) is 23.7 Å². The second-order valence-corrected chi connectivity index (χ2v) is 7.44. The summed E-state index contributed by atoms with van der Waals surface area (Å²) in [5.41, 5.74) is -1.91. The van der Waals surface area contributed by atoms with Crippen LogP contribution in [-0.4, -0.2) is 43.0 Å². The van der Waals surface area contributed by atoms with Gasteiger partial charge in [-0.05, 0) is 57.9 Å². The highest BCUT2D eigenvalue weighted by atomic mass is 19.4. The molecule has 1 aromatic rings. The molecule has 0 atom stereocenters. The Labute approximate surface area is 156 Å². The van der Waals surface area contributed by atoms with Gasteiger partial charge in [0.1, 0.15) is 0 Å². The third kappa shape index (κ3) is 4.53. The van der Waals surface area contributed by atoms with Gasteiger partial charge in [0.2, 0.25) is 0 Å². The van der Waals surface area contributed by atoms with Crippen molar-refractivity contribution in [3.63, 3.8) is 0 Å². The second kappa shape index (κ2) is 7.29. The quantitative estimate of drug-likeness (QED) is 0.758. The number of carboxylic acid groups (broad SMARTS) is 1. The molecule has 0 aliphatic carbocycles. The summed E-state index contributed by atoms with van der Waals surface area (Å²) in [5.74, 6) is -1.44. The van der Waals surface area contributed by atoms with Crippen molar-refractivity contribution in [1.82, 2.24) is 5.32 Å². The third-order valence-electron chi connectivity index (χ3n) is 4.89. The fourth-order valence-corrected chi connectivity index (χ4v) is 2.64. The molecule has 1 saturated heterocycles. The molecule has 0 aromatic heterocycles. The number of hydrogen-bond acceptors (Lipinski definition) is 4. The maximum Gasteiger partial charge on any atom is 0.491 e. The van der Waals surface area contributed by atoms with E-state index in [0.717, 1.165) is 12.1 Å². The molecular weight excluding hydrogens is 362 g/mol. The number of halogens is 3. The highest BCUT2D eigenvalue weighted by molar-refractivity contribution is 6.56. The summed E-state index contributed by atoms with van der Waals surface area (Å²) in [6.45, 7) is 7.84. The summed E-state index contributed by atoms with van der Waals surface area (Å²) in [6.07, 6.45) is -3.12. The first kappa shape index (κ1) is 21.5. The van der Waals surface area contributed by atoms with Gasteiger partial charge in [-0.1, -0.05) is 12.1 Å². The van der Waals surface area contributed by atoms with Gasteiger partial charge in [-0.2, -0.15) is 13.2 Å². The number of likely N-dealkylation sites (N-methyl/N-ethyl adjacent to an activating group) is 1. The van der Waals surface area contributed by atoms with Gasteiger partial charge < -0.3 is 19.7 Å². The van der Waals surface area contributed by atoms with Gasteiger partial charge >= 0.3 is 19.3 Å². The van der Waals surface area contributed by atoms with Gasteiger partial charge in [0.05, 0.1) is 22.3 Å². The Morgan fingerprint density at radius 2 is 1.78 bits per heavy atom. The number of aromatic carboxylic acids is 1. The number of carbonyl (C=O) groups is 1. The van der Waals surface area contributed by atoms with Crippen LogP contribution in [0.5, 0.6) is 0 Å². The van der Waals surface area contributed by atoms with Crippen molar-refractivity contribution < 1.29 is 32.4 Å². The summed E-state index contributed by atoms with van der Waals surface area (Å²) >= 11 is 0. The Morgan fingerprint density at radius 3 is 2.22 bits per heavy atom. The van der Waals surface area contributed by atoms with E-state index in [4.69, 9.17) is 9.31 Å². The normalized spacial score (nSPS) is 19.4. The van der Waals surface area contributed by atoms with E-state index < -0.39 is 41.6 Å². The Morgan fingerprint density at radius 1 is 1.22 bits per heavy atom. The molecule has 0 saturated carbocycles. The van der Waals surface area contributed by atoms with Crippen molar-refractivity contribution in [3.05, 3.63) is 40.4 Å². The van der Waals surface area contributed by atoms with Crippen molar-refractivity contribution in [2.45, 2.75) is 45.1 Å². The van der Waals surface area contributed by atoms with Crippen LogP contribution >= 0.6 is 0 Å². The number of nitrogens with one attached hydrogen (secondary N) is 1. The van der Waals surface area contributed by atoms with Gasteiger partial charge in [-0.25, -0.2) is 4.79 Å². The van der Waals surface area contributed by atoms with Crippen molar-refractivity contribution in [2.24, 2.45) is 0 Å². The van der Waals surface area contributed by atoms with E-state index in [1.807, 2.05) is 27.7 Å². The number of hydrogen-bond donors (Lipinski definition) is 2. The molecule has 5 nitrogen and oxygen atoms in total. The minimum absolute atomic E-state index is 0.149. The molecule has 0 bridgehead atoms. The lowest BCUT2D eigenvalue weighted by molar-refractivity contribution is -0.137. The third-order valence-corrected chi connectivity index (χ3v) is 4.89. The minimum Gasteiger partial charge on any atom is -0.478 e. The Bertz CT molecular complexity index is 743. The number of rotatable bonds is 5. The SMILES string of the molecule is CNCC(=Cc1ccc(C(F)(F)F)cc1C(=O)O)B1OC(C)(C)C(C)(C)O1.